The molecule has 0 saturated carbocycles. The standard InChI is InChI=1S/C52H37NO/c1-52(2)44-17-9-8-14-38(44)39-25-23-36(30-45(39)52)51-41-16-7-6-15-40(41)50(37-24-27-49-47(31-37)53(3)46-18-10-11-19-48(46)54-49)42-26-22-35(29-43(42)51)34-21-20-32-12-4-5-13-33(32)28-34/h4-31H,1-3H3. The number of para-hydroxylation sites is 2. The van der Waals surface area contributed by atoms with Gasteiger partial charge in [-0.1, -0.05) is 141 Å². The van der Waals surface area contributed by atoms with Crippen molar-refractivity contribution in [2.45, 2.75) is 19.3 Å². The Balaban J connectivity index is 1.19. The van der Waals surface area contributed by atoms with Gasteiger partial charge in [0, 0.05) is 12.5 Å². The van der Waals surface area contributed by atoms with Crippen LogP contribution in [0.5, 0.6) is 11.5 Å². The topological polar surface area (TPSA) is 12.5 Å². The Morgan fingerprint density at radius 1 is 0.407 bits per heavy atom. The number of anilines is 2. The number of benzene rings is 9. The van der Waals surface area contributed by atoms with Crippen molar-refractivity contribution in [1.82, 2.24) is 0 Å². The molecular weight excluding hydrogens is 655 g/mol. The monoisotopic (exact) mass is 691 g/mol. The predicted molar refractivity (Wildman–Crippen MR) is 227 cm³/mol. The van der Waals surface area contributed by atoms with Crippen molar-refractivity contribution in [3.8, 4) is 56.0 Å². The minimum atomic E-state index is -0.0976. The lowest BCUT2D eigenvalue weighted by Crippen LogP contribution is -2.15. The normalized spacial score (nSPS) is 13.7. The smallest absolute Gasteiger partial charge is 0.151 e. The lowest BCUT2D eigenvalue weighted by Gasteiger charge is -2.30. The highest BCUT2D eigenvalue weighted by molar-refractivity contribution is 6.22. The first-order valence-corrected chi connectivity index (χ1v) is 18.8. The van der Waals surface area contributed by atoms with E-state index in [4.69, 9.17) is 4.74 Å². The van der Waals surface area contributed by atoms with Gasteiger partial charge in [-0.05, 0) is 130 Å². The first-order chi connectivity index (χ1) is 26.4. The summed E-state index contributed by atoms with van der Waals surface area (Å²) >= 11 is 0. The second kappa shape index (κ2) is 11.4. The highest BCUT2D eigenvalue weighted by Gasteiger charge is 2.35. The second-order valence-electron chi connectivity index (χ2n) is 15.4. The molecule has 2 heteroatoms. The molecule has 9 aromatic rings. The van der Waals surface area contributed by atoms with Gasteiger partial charge in [0.2, 0.25) is 0 Å². The molecule has 0 saturated heterocycles. The Hall–Kier alpha value is -6.64. The number of ether oxygens (including phenoxy) is 1. The molecule has 0 aromatic heterocycles. The van der Waals surface area contributed by atoms with Crippen LogP contribution in [0.25, 0.3) is 76.8 Å². The van der Waals surface area contributed by atoms with Crippen LogP contribution in [0.4, 0.5) is 11.4 Å². The molecule has 0 N–H and O–H groups in total. The summed E-state index contributed by atoms with van der Waals surface area (Å²) in [7, 11) is 2.13. The third-order valence-electron chi connectivity index (χ3n) is 12.0. The van der Waals surface area contributed by atoms with Crippen LogP contribution in [0.3, 0.4) is 0 Å². The van der Waals surface area contributed by atoms with Gasteiger partial charge in [-0.15, -0.1) is 0 Å². The van der Waals surface area contributed by atoms with Crippen molar-refractivity contribution >= 4 is 43.7 Å². The SMILES string of the molecule is CN1c2ccccc2Oc2ccc(-c3c4ccccc4c(-c4ccc5c(c4)C(C)(C)c4ccccc4-5)c4cc(-c5ccc6ccccc6c5)ccc34)cc21. The van der Waals surface area contributed by atoms with Crippen LogP contribution in [-0.4, -0.2) is 7.05 Å². The average Bonchev–Trinajstić information content (AvgIpc) is 3.45. The van der Waals surface area contributed by atoms with Crippen LogP contribution in [0.15, 0.2) is 170 Å². The van der Waals surface area contributed by atoms with E-state index in [0.29, 0.717) is 0 Å². The highest BCUT2D eigenvalue weighted by Crippen LogP contribution is 2.53. The maximum Gasteiger partial charge on any atom is 0.151 e. The summed E-state index contributed by atoms with van der Waals surface area (Å²) in [6.45, 7) is 4.74. The van der Waals surface area contributed by atoms with E-state index in [1.807, 2.05) is 12.1 Å². The number of rotatable bonds is 3. The van der Waals surface area contributed by atoms with Gasteiger partial charge in [-0.25, -0.2) is 0 Å². The van der Waals surface area contributed by atoms with Crippen molar-refractivity contribution in [2.24, 2.45) is 0 Å². The van der Waals surface area contributed by atoms with E-state index in [0.717, 1.165) is 22.9 Å². The molecule has 1 heterocycles. The van der Waals surface area contributed by atoms with Crippen molar-refractivity contribution < 1.29 is 4.74 Å². The fourth-order valence-electron chi connectivity index (χ4n) is 9.30. The fraction of sp³-hybridized carbons (Fsp3) is 0.0769. The average molecular weight is 692 g/mol. The minimum absolute atomic E-state index is 0.0976. The van der Waals surface area contributed by atoms with E-state index < -0.39 is 0 Å². The molecule has 0 radical (unpaired) electrons. The number of hydrogen-bond acceptors (Lipinski definition) is 2. The van der Waals surface area contributed by atoms with Crippen LogP contribution in [0.2, 0.25) is 0 Å². The van der Waals surface area contributed by atoms with Gasteiger partial charge in [0.15, 0.2) is 11.5 Å². The molecule has 0 atom stereocenters. The lowest BCUT2D eigenvalue weighted by molar-refractivity contribution is 0.475. The summed E-state index contributed by atoms with van der Waals surface area (Å²) in [5, 5.41) is 7.46. The molecule has 256 valence electrons. The van der Waals surface area contributed by atoms with Crippen molar-refractivity contribution in [2.75, 3.05) is 11.9 Å². The Morgan fingerprint density at radius 3 is 1.87 bits per heavy atom. The molecule has 0 bridgehead atoms. The van der Waals surface area contributed by atoms with Gasteiger partial charge in [-0.3, -0.25) is 0 Å². The van der Waals surface area contributed by atoms with E-state index in [1.165, 1.54) is 88.0 Å². The molecular formula is C52H37NO. The zero-order chi connectivity index (χ0) is 36.1. The molecule has 0 unspecified atom stereocenters. The summed E-state index contributed by atoms with van der Waals surface area (Å²) in [5.74, 6) is 1.74. The van der Waals surface area contributed by atoms with Crippen LogP contribution in [0, 0.1) is 0 Å². The van der Waals surface area contributed by atoms with Gasteiger partial charge < -0.3 is 9.64 Å². The van der Waals surface area contributed by atoms with E-state index in [2.05, 4.69) is 184 Å². The van der Waals surface area contributed by atoms with E-state index in [9.17, 15) is 0 Å². The quantitative estimate of drug-likeness (QED) is 0.171. The summed E-state index contributed by atoms with van der Waals surface area (Å²) < 4.78 is 6.42. The lowest BCUT2D eigenvalue weighted by atomic mass is 9.80. The zero-order valence-electron chi connectivity index (χ0n) is 30.5. The van der Waals surface area contributed by atoms with Crippen LogP contribution in [0.1, 0.15) is 25.0 Å². The fourth-order valence-corrected chi connectivity index (χ4v) is 9.30. The third kappa shape index (κ3) is 4.47. The van der Waals surface area contributed by atoms with Crippen LogP contribution in [-0.2, 0) is 5.41 Å². The molecule has 11 rings (SSSR count). The molecule has 0 amide bonds. The molecule has 1 aliphatic carbocycles. The second-order valence-corrected chi connectivity index (χ2v) is 15.4. The van der Waals surface area contributed by atoms with Crippen molar-refractivity contribution in [3.63, 3.8) is 0 Å². The maximum absolute atomic E-state index is 6.42. The van der Waals surface area contributed by atoms with Crippen LogP contribution >= 0.6 is 0 Å². The first-order valence-electron chi connectivity index (χ1n) is 18.8. The molecule has 0 fully saturated rings. The van der Waals surface area contributed by atoms with E-state index in [-0.39, 0.29) is 5.41 Å². The van der Waals surface area contributed by atoms with E-state index in [1.54, 1.807) is 0 Å². The number of nitrogens with zero attached hydrogens (tertiary/aromatic N) is 1. The Labute approximate surface area is 315 Å². The largest absolute Gasteiger partial charge is 0.453 e. The molecule has 2 nitrogen and oxygen atoms in total. The van der Waals surface area contributed by atoms with Gasteiger partial charge >= 0.3 is 0 Å². The first kappa shape index (κ1) is 30.9. The minimum Gasteiger partial charge on any atom is -0.453 e. The van der Waals surface area contributed by atoms with E-state index >= 15 is 0 Å². The summed E-state index contributed by atoms with van der Waals surface area (Å²) in [6, 6.07) is 62.5. The third-order valence-corrected chi connectivity index (χ3v) is 12.0. The van der Waals surface area contributed by atoms with Gasteiger partial charge in [-0.2, -0.15) is 0 Å². The van der Waals surface area contributed by atoms with Gasteiger partial charge in [0.05, 0.1) is 11.4 Å². The highest BCUT2D eigenvalue weighted by atomic mass is 16.5. The molecule has 9 aromatic carbocycles. The Bertz CT molecular complexity index is 3020. The molecule has 1 aliphatic heterocycles. The van der Waals surface area contributed by atoms with Crippen LogP contribution < -0.4 is 9.64 Å². The zero-order valence-corrected chi connectivity index (χ0v) is 30.5. The summed E-state index contributed by atoms with van der Waals surface area (Å²) in [4.78, 5) is 2.25. The molecule has 2 aliphatic rings. The molecule has 0 spiro atoms. The van der Waals surface area contributed by atoms with Crippen molar-refractivity contribution in [3.05, 3.63) is 181 Å². The predicted octanol–water partition coefficient (Wildman–Crippen LogP) is 14.3. The summed E-state index contributed by atoms with van der Waals surface area (Å²) in [5.41, 5.74) is 14.8. The summed E-state index contributed by atoms with van der Waals surface area (Å²) in [6.07, 6.45) is 0. The van der Waals surface area contributed by atoms with Gasteiger partial charge in [0.25, 0.3) is 0 Å². The van der Waals surface area contributed by atoms with Crippen molar-refractivity contribution in [1.29, 1.82) is 0 Å². The maximum atomic E-state index is 6.42. The number of hydrogen-bond donors (Lipinski definition) is 0. The number of fused-ring (bicyclic) bond motifs is 8. The Kier molecular flexibility index (Phi) is 6.55. The Morgan fingerprint density at radius 2 is 1.00 bits per heavy atom. The van der Waals surface area contributed by atoms with Gasteiger partial charge in [0.1, 0.15) is 0 Å². The molecule has 54 heavy (non-hydrogen) atoms.